The molecule has 15 heavy (non-hydrogen) atoms. The van der Waals surface area contributed by atoms with Crippen LogP contribution in [0.4, 0.5) is 0 Å². The Labute approximate surface area is 101 Å². The number of nitrogens with zero attached hydrogens (tertiary/aromatic N) is 1. The molecule has 0 aliphatic heterocycles. The van der Waals surface area contributed by atoms with Crippen molar-refractivity contribution in [3.8, 4) is 0 Å². The van der Waals surface area contributed by atoms with Gasteiger partial charge in [-0.05, 0) is 31.1 Å². The monoisotopic (exact) mass is 243 g/mol. The summed E-state index contributed by atoms with van der Waals surface area (Å²) >= 11 is 7.97. The van der Waals surface area contributed by atoms with E-state index in [9.17, 15) is 0 Å². The summed E-state index contributed by atoms with van der Waals surface area (Å²) in [6, 6.07) is 0. The van der Waals surface area contributed by atoms with E-state index in [1.807, 2.05) is 5.51 Å². The average molecular weight is 244 g/mol. The lowest BCUT2D eigenvalue weighted by Crippen LogP contribution is -2.27. The number of rotatable bonds is 2. The SMILES string of the molecule is CC(C)C1CCC(Cl)CC1c1cscn1. The molecule has 1 aromatic rings. The zero-order chi connectivity index (χ0) is 10.8. The highest BCUT2D eigenvalue weighted by atomic mass is 35.5. The number of aromatic nitrogens is 1. The topological polar surface area (TPSA) is 12.9 Å². The Kier molecular flexibility index (Phi) is 3.68. The lowest BCUT2D eigenvalue weighted by molar-refractivity contribution is 0.238. The van der Waals surface area contributed by atoms with E-state index >= 15 is 0 Å². The van der Waals surface area contributed by atoms with Crippen LogP contribution in [0.15, 0.2) is 10.9 Å². The maximum absolute atomic E-state index is 6.27. The van der Waals surface area contributed by atoms with Gasteiger partial charge in [0.15, 0.2) is 0 Å². The molecular weight excluding hydrogens is 226 g/mol. The molecule has 3 atom stereocenters. The first-order chi connectivity index (χ1) is 7.18. The minimum absolute atomic E-state index is 0.353. The van der Waals surface area contributed by atoms with Gasteiger partial charge in [0.05, 0.1) is 11.2 Å². The van der Waals surface area contributed by atoms with Crippen molar-refractivity contribution in [3.63, 3.8) is 0 Å². The molecule has 3 heteroatoms. The molecule has 0 spiro atoms. The maximum atomic E-state index is 6.27. The molecule has 0 bridgehead atoms. The molecule has 1 fully saturated rings. The molecule has 0 amide bonds. The fourth-order valence-corrected chi connectivity index (χ4v) is 3.62. The normalized spacial score (nSPS) is 32.1. The molecule has 0 saturated heterocycles. The second kappa shape index (κ2) is 4.84. The first kappa shape index (κ1) is 11.4. The van der Waals surface area contributed by atoms with Crippen molar-refractivity contribution in [1.82, 2.24) is 4.98 Å². The first-order valence-corrected chi connectivity index (χ1v) is 7.08. The summed E-state index contributed by atoms with van der Waals surface area (Å²) in [7, 11) is 0. The molecule has 0 radical (unpaired) electrons. The van der Waals surface area contributed by atoms with Crippen LogP contribution < -0.4 is 0 Å². The predicted molar refractivity (Wildman–Crippen MR) is 66.7 cm³/mol. The lowest BCUT2D eigenvalue weighted by Gasteiger charge is -2.35. The van der Waals surface area contributed by atoms with Crippen molar-refractivity contribution in [2.45, 2.75) is 44.4 Å². The van der Waals surface area contributed by atoms with E-state index in [1.54, 1.807) is 11.3 Å². The fourth-order valence-electron chi connectivity index (χ4n) is 2.69. The van der Waals surface area contributed by atoms with Gasteiger partial charge < -0.3 is 0 Å². The van der Waals surface area contributed by atoms with Crippen LogP contribution in [0.2, 0.25) is 0 Å². The zero-order valence-electron chi connectivity index (χ0n) is 9.32. The van der Waals surface area contributed by atoms with Gasteiger partial charge in [-0.1, -0.05) is 13.8 Å². The molecule has 0 N–H and O–H groups in total. The van der Waals surface area contributed by atoms with Crippen molar-refractivity contribution >= 4 is 22.9 Å². The quantitative estimate of drug-likeness (QED) is 0.707. The van der Waals surface area contributed by atoms with Crippen molar-refractivity contribution in [1.29, 1.82) is 0 Å². The summed E-state index contributed by atoms with van der Waals surface area (Å²) in [5, 5.41) is 2.54. The summed E-state index contributed by atoms with van der Waals surface area (Å²) in [6.45, 7) is 4.64. The molecule has 1 aromatic heterocycles. The van der Waals surface area contributed by atoms with Crippen molar-refractivity contribution in [2.24, 2.45) is 11.8 Å². The van der Waals surface area contributed by atoms with E-state index in [1.165, 1.54) is 18.5 Å². The number of halogens is 1. The zero-order valence-corrected chi connectivity index (χ0v) is 10.9. The highest BCUT2D eigenvalue weighted by Crippen LogP contribution is 2.42. The number of alkyl halides is 1. The molecule has 1 saturated carbocycles. The minimum Gasteiger partial charge on any atom is -0.249 e. The van der Waals surface area contributed by atoms with Gasteiger partial charge in [0.25, 0.3) is 0 Å². The molecule has 0 aromatic carbocycles. The Morgan fingerprint density at radius 3 is 2.87 bits per heavy atom. The van der Waals surface area contributed by atoms with Crippen LogP contribution in [0.5, 0.6) is 0 Å². The van der Waals surface area contributed by atoms with Gasteiger partial charge in [0.2, 0.25) is 0 Å². The van der Waals surface area contributed by atoms with Crippen LogP contribution in [0.3, 0.4) is 0 Å². The smallest absolute Gasteiger partial charge is 0.0794 e. The Morgan fingerprint density at radius 2 is 2.27 bits per heavy atom. The van der Waals surface area contributed by atoms with E-state index in [4.69, 9.17) is 11.6 Å². The molecular formula is C12H18ClNS. The van der Waals surface area contributed by atoms with Gasteiger partial charge in [-0.25, -0.2) is 4.98 Å². The molecule has 84 valence electrons. The third-order valence-corrected chi connectivity index (χ3v) is 4.53. The highest BCUT2D eigenvalue weighted by Gasteiger charge is 2.33. The second-order valence-corrected chi connectivity index (χ2v) is 6.17. The van der Waals surface area contributed by atoms with Gasteiger partial charge in [-0.15, -0.1) is 22.9 Å². The third kappa shape index (κ3) is 2.54. The summed E-state index contributed by atoms with van der Waals surface area (Å²) in [6.07, 6.45) is 3.53. The second-order valence-electron chi connectivity index (χ2n) is 4.84. The predicted octanol–water partition coefficient (Wildman–Crippen LogP) is 4.29. The molecule has 1 heterocycles. The first-order valence-electron chi connectivity index (χ1n) is 5.70. The Hall–Kier alpha value is -0.0800. The van der Waals surface area contributed by atoms with Crippen LogP contribution in [0, 0.1) is 11.8 Å². The van der Waals surface area contributed by atoms with Gasteiger partial charge >= 0.3 is 0 Å². The molecule has 1 aliphatic carbocycles. The third-order valence-electron chi connectivity index (χ3n) is 3.53. The highest BCUT2D eigenvalue weighted by molar-refractivity contribution is 7.07. The van der Waals surface area contributed by atoms with E-state index < -0.39 is 0 Å². The number of thiazole rings is 1. The van der Waals surface area contributed by atoms with Crippen LogP contribution >= 0.6 is 22.9 Å². The molecule has 2 rings (SSSR count). The number of hydrogen-bond donors (Lipinski definition) is 0. The van der Waals surface area contributed by atoms with E-state index in [-0.39, 0.29) is 0 Å². The van der Waals surface area contributed by atoms with Gasteiger partial charge in [-0.3, -0.25) is 0 Å². The molecule has 1 aliphatic rings. The minimum atomic E-state index is 0.353. The van der Waals surface area contributed by atoms with Gasteiger partial charge in [0.1, 0.15) is 0 Å². The molecule has 3 unspecified atom stereocenters. The van der Waals surface area contributed by atoms with E-state index in [2.05, 4.69) is 24.2 Å². The lowest BCUT2D eigenvalue weighted by atomic mass is 9.72. The standard InChI is InChI=1S/C12H18ClNS/c1-8(2)10-4-3-9(13)5-11(10)12-6-15-7-14-12/h6-11H,3-5H2,1-2H3. The average Bonchev–Trinajstić information content (AvgIpc) is 2.69. The summed E-state index contributed by atoms with van der Waals surface area (Å²) < 4.78 is 0. The summed E-state index contributed by atoms with van der Waals surface area (Å²) in [5.41, 5.74) is 3.20. The van der Waals surface area contributed by atoms with Gasteiger partial charge in [-0.2, -0.15) is 0 Å². The Bertz CT molecular complexity index is 297. The summed E-state index contributed by atoms with van der Waals surface area (Å²) in [5.74, 6) is 2.09. The van der Waals surface area contributed by atoms with Crippen LogP contribution in [-0.2, 0) is 0 Å². The van der Waals surface area contributed by atoms with E-state index in [0.29, 0.717) is 11.3 Å². The molecule has 1 nitrogen and oxygen atoms in total. The van der Waals surface area contributed by atoms with Crippen LogP contribution in [-0.4, -0.2) is 10.4 Å². The van der Waals surface area contributed by atoms with Crippen molar-refractivity contribution in [3.05, 3.63) is 16.6 Å². The fraction of sp³-hybridized carbons (Fsp3) is 0.750. The van der Waals surface area contributed by atoms with Crippen molar-refractivity contribution in [2.75, 3.05) is 0 Å². The Morgan fingerprint density at radius 1 is 1.47 bits per heavy atom. The summed E-state index contributed by atoms with van der Waals surface area (Å²) in [4.78, 5) is 4.47. The maximum Gasteiger partial charge on any atom is 0.0794 e. The van der Waals surface area contributed by atoms with Crippen LogP contribution in [0.1, 0.15) is 44.7 Å². The van der Waals surface area contributed by atoms with Crippen LogP contribution in [0.25, 0.3) is 0 Å². The van der Waals surface area contributed by atoms with E-state index in [0.717, 1.165) is 18.3 Å². The Balaban J connectivity index is 2.17. The number of hydrogen-bond acceptors (Lipinski definition) is 2. The largest absolute Gasteiger partial charge is 0.249 e. The van der Waals surface area contributed by atoms with Crippen molar-refractivity contribution < 1.29 is 0 Å². The van der Waals surface area contributed by atoms with Gasteiger partial charge in [0, 0.05) is 16.7 Å².